The maximum Gasteiger partial charge on any atom is 0.435 e. The van der Waals surface area contributed by atoms with Gasteiger partial charge in [-0.25, -0.2) is 4.68 Å². The van der Waals surface area contributed by atoms with Gasteiger partial charge in [0.25, 0.3) is 0 Å². The molecule has 0 spiro atoms. The van der Waals surface area contributed by atoms with E-state index in [2.05, 4.69) is 5.10 Å². The van der Waals surface area contributed by atoms with Gasteiger partial charge in [-0.1, -0.05) is 0 Å². The minimum Gasteiger partial charge on any atom is -0.494 e. The molecule has 0 N–H and O–H groups in total. The minimum absolute atomic E-state index is 0.427. The van der Waals surface area contributed by atoms with E-state index in [0.29, 0.717) is 23.7 Å². The fourth-order valence-corrected chi connectivity index (χ4v) is 1.72. The summed E-state index contributed by atoms with van der Waals surface area (Å²) in [5, 5.41) is 3.58. The number of hydrogen-bond acceptors (Lipinski definition) is 2. The third-order valence-corrected chi connectivity index (χ3v) is 2.57. The first-order chi connectivity index (χ1) is 8.91. The monoisotopic (exact) mass is 270 g/mol. The molecule has 1 aromatic carbocycles. The fraction of sp³-hybridized carbons (Fsp3) is 0.308. The highest BCUT2D eigenvalue weighted by atomic mass is 19.4. The zero-order valence-electron chi connectivity index (χ0n) is 10.5. The Kier molecular flexibility index (Phi) is 3.50. The third-order valence-electron chi connectivity index (χ3n) is 2.57. The highest BCUT2D eigenvalue weighted by molar-refractivity contribution is 5.38. The number of halogens is 3. The van der Waals surface area contributed by atoms with Gasteiger partial charge >= 0.3 is 6.18 Å². The minimum atomic E-state index is -4.43. The van der Waals surface area contributed by atoms with Crippen LogP contribution in [0.2, 0.25) is 0 Å². The van der Waals surface area contributed by atoms with Gasteiger partial charge in [0, 0.05) is 5.69 Å². The van der Waals surface area contributed by atoms with Crippen molar-refractivity contribution in [2.75, 3.05) is 6.61 Å². The van der Waals surface area contributed by atoms with Gasteiger partial charge in [-0.15, -0.1) is 0 Å². The second-order valence-electron chi connectivity index (χ2n) is 4.01. The van der Waals surface area contributed by atoms with Crippen LogP contribution in [0.25, 0.3) is 5.69 Å². The van der Waals surface area contributed by atoms with Gasteiger partial charge in [0.05, 0.1) is 12.3 Å². The van der Waals surface area contributed by atoms with E-state index in [1.165, 1.54) is 4.68 Å². The largest absolute Gasteiger partial charge is 0.494 e. The summed E-state index contributed by atoms with van der Waals surface area (Å²) in [5.41, 5.74) is 0.104. The van der Waals surface area contributed by atoms with Gasteiger partial charge in [-0.2, -0.15) is 18.3 Å². The molecule has 1 aromatic heterocycles. The number of ether oxygens (including phenoxy) is 1. The second kappa shape index (κ2) is 4.95. The number of hydrogen-bond donors (Lipinski definition) is 0. The highest BCUT2D eigenvalue weighted by Crippen LogP contribution is 2.29. The normalized spacial score (nSPS) is 11.6. The number of nitrogens with zero attached hydrogens (tertiary/aromatic N) is 2. The van der Waals surface area contributed by atoms with E-state index >= 15 is 0 Å². The van der Waals surface area contributed by atoms with Crippen LogP contribution in [-0.2, 0) is 6.18 Å². The molecule has 102 valence electrons. The molecule has 0 bridgehead atoms. The molecule has 6 heteroatoms. The molecule has 0 aliphatic carbocycles. The van der Waals surface area contributed by atoms with Crippen molar-refractivity contribution in [3.63, 3.8) is 0 Å². The molecule has 0 fully saturated rings. The number of rotatable bonds is 3. The molecule has 0 aliphatic rings. The summed E-state index contributed by atoms with van der Waals surface area (Å²) >= 11 is 0. The van der Waals surface area contributed by atoms with Crippen molar-refractivity contribution >= 4 is 0 Å². The molecule has 0 atom stereocenters. The van der Waals surface area contributed by atoms with Crippen molar-refractivity contribution in [3.05, 3.63) is 41.7 Å². The molecule has 0 saturated carbocycles. The molecule has 1 heterocycles. The van der Waals surface area contributed by atoms with Crippen LogP contribution in [0.3, 0.4) is 0 Å². The van der Waals surface area contributed by atoms with Crippen LogP contribution in [0.5, 0.6) is 5.75 Å². The summed E-state index contributed by atoms with van der Waals surface area (Å²) in [5.74, 6) is 0.673. The Morgan fingerprint density at radius 1 is 1.21 bits per heavy atom. The molecule has 0 unspecified atom stereocenters. The molecule has 0 saturated heterocycles. The molecule has 3 nitrogen and oxygen atoms in total. The summed E-state index contributed by atoms with van der Waals surface area (Å²) in [4.78, 5) is 0. The zero-order chi connectivity index (χ0) is 14.0. The van der Waals surface area contributed by atoms with E-state index in [0.717, 1.165) is 6.07 Å². The van der Waals surface area contributed by atoms with Crippen molar-refractivity contribution in [2.45, 2.75) is 20.0 Å². The van der Waals surface area contributed by atoms with Crippen LogP contribution in [0.4, 0.5) is 13.2 Å². The van der Waals surface area contributed by atoms with Crippen LogP contribution in [0, 0.1) is 6.92 Å². The van der Waals surface area contributed by atoms with Crippen molar-refractivity contribution in [1.82, 2.24) is 9.78 Å². The van der Waals surface area contributed by atoms with Gasteiger partial charge in [-0.05, 0) is 44.2 Å². The summed E-state index contributed by atoms with van der Waals surface area (Å²) in [6.45, 7) is 3.98. The number of benzene rings is 1. The second-order valence-corrected chi connectivity index (χ2v) is 4.01. The van der Waals surface area contributed by atoms with E-state index in [9.17, 15) is 13.2 Å². The molecular weight excluding hydrogens is 257 g/mol. The van der Waals surface area contributed by atoms with E-state index in [-0.39, 0.29) is 0 Å². The predicted molar refractivity (Wildman–Crippen MR) is 64.5 cm³/mol. The van der Waals surface area contributed by atoms with Crippen LogP contribution in [0.1, 0.15) is 18.3 Å². The zero-order valence-corrected chi connectivity index (χ0v) is 10.5. The molecule has 2 rings (SSSR count). The number of aromatic nitrogens is 2. The quantitative estimate of drug-likeness (QED) is 0.852. The third kappa shape index (κ3) is 2.89. The van der Waals surface area contributed by atoms with Crippen molar-refractivity contribution in [1.29, 1.82) is 0 Å². The first kappa shape index (κ1) is 13.5. The van der Waals surface area contributed by atoms with Crippen molar-refractivity contribution < 1.29 is 17.9 Å². The topological polar surface area (TPSA) is 27.1 Å². The van der Waals surface area contributed by atoms with E-state index in [4.69, 9.17) is 4.74 Å². The molecule has 0 aliphatic heterocycles. The maximum atomic E-state index is 12.6. The van der Waals surface area contributed by atoms with Gasteiger partial charge in [0.2, 0.25) is 0 Å². The molecular formula is C13H13F3N2O. The van der Waals surface area contributed by atoms with Gasteiger partial charge in [-0.3, -0.25) is 0 Å². The predicted octanol–water partition coefficient (Wildman–Crippen LogP) is 3.60. The maximum absolute atomic E-state index is 12.6. The number of aryl methyl sites for hydroxylation is 1. The number of alkyl halides is 3. The summed E-state index contributed by atoms with van der Waals surface area (Å²) < 4.78 is 44.2. The average Bonchev–Trinajstić information content (AvgIpc) is 2.73. The Balaban J connectivity index is 2.34. The van der Waals surface area contributed by atoms with Crippen LogP contribution in [0.15, 0.2) is 30.3 Å². The Labute approximate surface area is 108 Å². The lowest BCUT2D eigenvalue weighted by atomic mass is 10.3. The Morgan fingerprint density at radius 3 is 2.32 bits per heavy atom. The van der Waals surface area contributed by atoms with E-state index < -0.39 is 11.9 Å². The lowest BCUT2D eigenvalue weighted by Gasteiger charge is -2.07. The highest BCUT2D eigenvalue weighted by Gasteiger charge is 2.34. The van der Waals surface area contributed by atoms with Crippen LogP contribution >= 0.6 is 0 Å². The fourth-order valence-electron chi connectivity index (χ4n) is 1.72. The Hall–Kier alpha value is -1.98. The molecule has 19 heavy (non-hydrogen) atoms. The summed E-state index contributed by atoms with van der Waals surface area (Å²) in [6, 6.07) is 7.77. The summed E-state index contributed by atoms with van der Waals surface area (Å²) in [7, 11) is 0. The van der Waals surface area contributed by atoms with Gasteiger partial charge in [0.1, 0.15) is 5.75 Å². The Bertz CT molecular complexity index is 558. The first-order valence-electron chi connectivity index (χ1n) is 5.79. The standard InChI is InChI=1S/C13H13F3N2O/c1-3-19-11-6-4-10(5-7-11)18-9(2)8-12(17-18)13(14,15)16/h4-8H,3H2,1-2H3. The van der Waals surface area contributed by atoms with Crippen LogP contribution in [-0.4, -0.2) is 16.4 Å². The average molecular weight is 270 g/mol. The van der Waals surface area contributed by atoms with Crippen molar-refractivity contribution in [2.24, 2.45) is 0 Å². The van der Waals surface area contributed by atoms with Gasteiger partial charge < -0.3 is 4.74 Å². The smallest absolute Gasteiger partial charge is 0.435 e. The molecule has 0 amide bonds. The lowest BCUT2D eigenvalue weighted by molar-refractivity contribution is -0.141. The van der Waals surface area contributed by atoms with Crippen molar-refractivity contribution in [3.8, 4) is 11.4 Å². The lowest BCUT2D eigenvalue weighted by Crippen LogP contribution is -2.07. The molecule has 2 aromatic rings. The molecule has 0 radical (unpaired) electrons. The Morgan fingerprint density at radius 2 is 1.84 bits per heavy atom. The van der Waals surface area contributed by atoms with Gasteiger partial charge in [0.15, 0.2) is 5.69 Å². The first-order valence-corrected chi connectivity index (χ1v) is 5.79. The van der Waals surface area contributed by atoms with E-state index in [1.54, 1.807) is 31.2 Å². The van der Waals surface area contributed by atoms with Crippen LogP contribution < -0.4 is 4.74 Å². The van der Waals surface area contributed by atoms with E-state index in [1.807, 2.05) is 6.92 Å². The SMILES string of the molecule is CCOc1ccc(-n2nc(C(F)(F)F)cc2C)cc1. The summed E-state index contributed by atoms with van der Waals surface area (Å²) in [6.07, 6.45) is -4.43.